The number of rotatable bonds is 9. The third-order valence-corrected chi connectivity index (χ3v) is 2.71. The molecule has 1 N–H and O–H groups in total. The lowest BCUT2D eigenvalue weighted by Crippen LogP contribution is -2.37. The first-order valence-corrected chi connectivity index (χ1v) is 5.95. The summed E-state index contributed by atoms with van der Waals surface area (Å²) in [6.07, 6.45) is 2.19. The fraction of sp³-hybridized carbons (Fsp3) is 1.00. The molecule has 1 atom stereocenters. The second-order valence-electron chi connectivity index (χ2n) is 4.65. The summed E-state index contributed by atoms with van der Waals surface area (Å²) < 4.78 is 5.31. The van der Waals surface area contributed by atoms with Gasteiger partial charge in [0.25, 0.3) is 0 Å². The SMILES string of the molecule is CCCC(C)(CO)CN(C)CCOCC. The summed E-state index contributed by atoms with van der Waals surface area (Å²) in [5.74, 6) is 0. The first-order valence-electron chi connectivity index (χ1n) is 5.95. The lowest BCUT2D eigenvalue weighted by atomic mass is 9.86. The third-order valence-electron chi connectivity index (χ3n) is 2.71. The smallest absolute Gasteiger partial charge is 0.0593 e. The lowest BCUT2D eigenvalue weighted by Gasteiger charge is -2.31. The van der Waals surface area contributed by atoms with Crippen LogP contribution < -0.4 is 0 Å². The van der Waals surface area contributed by atoms with E-state index in [1.165, 1.54) is 0 Å². The van der Waals surface area contributed by atoms with E-state index in [0.29, 0.717) is 0 Å². The van der Waals surface area contributed by atoms with Gasteiger partial charge < -0.3 is 14.7 Å². The van der Waals surface area contributed by atoms with Gasteiger partial charge in [-0.25, -0.2) is 0 Å². The van der Waals surface area contributed by atoms with Crippen molar-refractivity contribution in [2.75, 3.05) is 40.0 Å². The van der Waals surface area contributed by atoms with Crippen LogP contribution in [0.2, 0.25) is 0 Å². The topological polar surface area (TPSA) is 32.7 Å². The lowest BCUT2D eigenvalue weighted by molar-refractivity contribution is 0.0686. The molecule has 0 aromatic rings. The molecule has 0 radical (unpaired) electrons. The Morgan fingerprint density at radius 3 is 2.47 bits per heavy atom. The van der Waals surface area contributed by atoms with Crippen molar-refractivity contribution in [3.63, 3.8) is 0 Å². The van der Waals surface area contributed by atoms with E-state index in [1.54, 1.807) is 0 Å². The molecule has 0 saturated heterocycles. The highest BCUT2D eigenvalue weighted by Gasteiger charge is 2.23. The molecule has 0 bridgehead atoms. The first-order chi connectivity index (χ1) is 7.08. The van der Waals surface area contributed by atoms with Crippen molar-refractivity contribution in [3.8, 4) is 0 Å². The third kappa shape index (κ3) is 6.88. The quantitative estimate of drug-likeness (QED) is 0.597. The number of nitrogens with zero attached hydrogens (tertiary/aromatic N) is 1. The van der Waals surface area contributed by atoms with Gasteiger partial charge in [-0.1, -0.05) is 20.3 Å². The maximum Gasteiger partial charge on any atom is 0.0593 e. The number of likely N-dealkylation sites (N-methyl/N-ethyl adjacent to an activating group) is 1. The molecule has 0 fully saturated rings. The van der Waals surface area contributed by atoms with E-state index in [0.717, 1.165) is 39.1 Å². The van der Waals surface area contributed by atoms with Crippen molar-refractivity contribution in [1.29, 1.82) is 0 Å². The molecule has 0 aliphatic heterocycles. The highest BCUT2D eigenvalue weighted by atomic mass is 16.5. The number of aliphatic hydroxyl groups is 1. The summed E-state index contributed by atoms with van der Waals surface area (Å²) in [5, 5.41) is 9.38. The predicted molar refractivity (Wildman–Crippen MR) is 64.1 cm³/mol. The molecule has 1 unspecified atom stereocenters. The Balaban J connectivity index is 3.84. The van der Waals surface area contributed by atoms with Gasteiger partial charge in [0.15, 0.2) is 0 Å². The van der Waals surface area contributed by atoms with Crippen LogP contribution in [0.1, 0.15) is 33.6 Å². The average Bonchev–Trinajstić information content (AvgIpc) is 2.18. The molecule has 15 heavy (non-hydrogen) atoms. The van der Waals surface area contributed by atoms with Gasteiger partial charge in [0, 0.05) is 31.7 Å². The second-order valence-corrected chi connectivity index (χ2v) is 4.65. The van der Waals surface area contributed by atoms with Crippen LogP contribution in [0, 0.1) is 5.41 Å². The molecule has 0 saturated carbocycles. The number of hydrogen-bond donors (Lipinski definition) is 1. The van der Waals surface area contributed by atoms with Gasteiger partial charge in [-0.3, -0.25) is 0 Å². The van der Waals surface area contributed by atoms with Crippen molar-refractivity contribution in [2.24, 2.45) is 5.41 Å². The molecule has 0 rings (SSSR count). The summed E-state index contributed by atoms with van der Waals surface area (Å²) in [7, 11) is 2.09. The van der Waals surface area contributed by atoms with E-state index in [1.807, 2.05) is 6.92 Å². The Bertz CT molecular complexity index is 153. The van der Waals surface area contributed by atoms with Gasteiger partial charge >= 0.3 is 0 Å². The van der Waals surface area contributed by atoms with Gasteiger partial charge in [-0.2, -0.15) is 0 Å². The van der Waals surface area contributed by atoms with Crippen LogP contribution in [-0.4, -0.2) is 50.0 Å². The monoisotopic (exact) mass is 217 g/mol. The Kier molecular flexibility index (Phi) is 8.02. The zero-order valence-electron chi connectivity index (χ0n) is 10.8. The van der Waals surface area contributed by atoms with E-state index < -0.39 is 0 Å². The molecule has 0 aliphatic rings. The predicted octanol–water partition coefficient (Wildman–Crippen LogP) is 1.75. The van der Waals surface area contributed by atoms with Crippen molar-refractivity contribution >= 4 is 0 Å². The van der Waals surface area contributed by atoms with E-state index in [4.69, 9.17) is 4.74 Å². The molecule has 3 nitrogen and oxygen atoms in total. The Morgan fingerprint density at radius 1 is 1.33 bits per heavy atom. The van der Waals surface area contributed by atoms with Gasteiger partial charge in [0.05, 0.1) is 6.61 Å². The maximum absolute atomic E-state index is 9.38. The molecule has 92 valence electrons. The van der Waals surface area contributed by atoms with Crippen LogP contribution in [0.5, 0.6) is 0 Å². The van der Waals surface area contributed by atoms with Gasteiger partial charge in [-0.15, -0.1) is 0 Å². The minimum atomic E-state index is 0.0374. The molecular formula is C12H27NO2. The van der Waals surface area contributed by atoms with Crippen molar-refractivity contribution in [1.82, 2.24) is 4.90 Å². The Hall–Kier alpha value is -0.120. The summed E-state index contributed by atoms with van der Waals surface area (Å²) >= 11 is 0. The van der Waals surface area contributed by atoms with E-state index >= 15 is 0 Å². The number of ether oxygens (including phenoxy) is 1. The number of aliphatic hydroxyl groups excluding tert-OH is 1. The minimum absolute atomic E-state index is 0.0374. The van der Waals surface area contributed by atoms with Crippen LogP contribution in [0.4, 0.5) is 0 Å². The van der Waals surface area contributed by atoms with Crippen LogP contribution in [0.25, 0.3) is 0 Å². The summed E-state index contributed by atoms with van der Waals surface area (Å²) in [4.78, 5) is 2.24. The molecule has 0 amide bonds. The largest absolute Gasteiger partial charge is 0.396 e. The average molecular weight is 217 g/mol. The molecule has 0 spiro atoms. The maximum atomic E-state index is 9.38. The van der Waals surface area contributed by atoms with Gasteiger partial charge in [0.2, 0.25) is 0 Å². The minimum Gasteiger partial charge on any atom is -0.396 e. The summed E-state index contributed by atoms with van der Waals surface area (Å²) in [6.45, 7) is 10.0. The summed E-state index contributed by atoms with van der Waals surface area (Å²) in [5.41, 5.74) is 0.0374. The molecule has 0 aliphatic carbocycles. The van der Waals surface area contributed by atoms with Crippen molar-refractivity contribution in [2.45, 2.75) is 33.6 Å². The van der Waals surface area contributed by atoms with Crippen LogP contribution in [0.3, 0.4) is 0 Å². The molecule has 3 heteroatoms. The molecule has 0 aromatic heterocycles. The highest BCUT2D eigenvalue weighted by Crippen LogP contribution is 2.23. The van der Waals surface area contributed by atoms with E-state index in [9.17, 15) is 5.11 Å². The van der Waals surface area contributed by atoms with Crippen LogP contribution >= 0.6 is 0 Å². The second kappa shape index (κ2) is 8.08. The molecule has 0 aromatic carbocycles. The van der Waals surface area contributed by atoms with Crippen molar-refractivity contribution in [3.05, 3.63) is 0 Å². The van der Waals surface area contributed by atoms with Crippen LogP contribution in [-0.2, 0) is 4.74 Å². The van der Waals surface area contributed by atoms with Crippen LogP contribution in [0.15, 0.2) is 0 Å². The molecular weight excluding hydrogens is 190 g/mol. The van der Waals surface area contributed by atoms with Gasteiger partial charge in [-0.05, 0) is 20.4 Å². The van der Waals surface area contributed by atoms with Crippen molar-refractivity contribution < 1.29 is 9.84 Å². The summed E-state index contributed by atoms with van der Waals surface area (Å²) in [6, 6.07) is 0. The first kappa shape index (κ1) is 14.9. The highest BCUT2D eigenvalue weighted by molar-refractivity contribution is 4.76. The van der Waals surface area contributed by atoms with Gasteiger partial charge in [0.1, 0.15) is 0 Å². The van der Waals surface area contributed by atoms with E-state index in [-0.39, 0.29) is 12.0 Å². The normalized spacial score (nSPS) is 15.6. The molecule has 0 heterocycles. The fourth-order valence-corrected chi connectivity index (χ4v) is 1.91. The standard InChI is InChI=1S/C12H27NO2/c1-5-7-12(3,11-14)10-13(4)8-9-15-6-2/h14H,5-11H2,1-4H3. The fourth-order valence-electron chi connectivity index (χ4n) is 1.91. The number of hydrogen-bond acceptors (Lipinski definition) is 3. The Labute approximate surface area is 94.4 Å². The zero-order chi connectivity index (χ0) is 11.7. The van der Waals surface area contributed by atoms with E-state index in [2.05, 4.69) is 25.8 Å². The zero-order valence-corrected chi connectivity index (χ0v) is 10.8. The Morgan fingerprint density at radius 2 is 2.00 bits per heavy atom.